The van der Waals surface area contributed by atoms with E-state index in [1.807, 2.05) is 43.3 Å². The van der Waals surface area contributed by atoms with E-state index >= 15 is 0 Å². The van der Waals surface area contributed by atoms with Crippen molar-refractivity contribution in [2.24, 2.45) is 0 Å². The van der Waals surface area contributed by atoms with Crippen molar-refractivity contribution in [2.75, 3.05) is 19.0 Å². The predicted octanol–water partition coefficient (Wildman–Crippen LogP) is 3.70. The molecule has 0 saturated heterocycles. The summed E-state index contributed by atoms with van der Waals surface area (Å²) >= 11 is 0. The molecule has 21 heavy (non-hydrogen) atoms. The molecule has 0 amide bonds. The highest BCUT2D eigenvalue weighted by atomic mass is 16.6. The largest absolute Gasteiger partial charge is 0.382 e. The molecule has 5 heteroatoms. The first-order chi connectivity index (χ1) is 10.1. The first-order valence-corrected chi connectivity index (χ1v) is 6.67. The van der Waals surface area contributed by atoms with Gasteiger partial charge < -0.3 is 10.1 Å². The molecule has 0 aromatic heterocycles. The zero-order chi connectivity index (χ0) is 15.2. The van der Waals surface area contributed by atoms with E-state index in [9.17, 15) is 10.1 Å². The summed E-state index contributed by atoms with van der Waals surface area (Å²) in [5, 5.41) is 14.4. The second-order valence-corrected chi connectivity index (χ2v) is 4.84. The summed E-state index contributed by atoms with van der Waals surface area (Å²) in [6.07, 6.45) is 0. The van der Waals surface area contributed by atoms with Gasteiger partial charge in [0.25, 0.3) is 5.69 Å². The summed E-state index contributed by atoms with van der Waals surface area (Å²) < 4.78 is 5.22. The molecule has 110 valence electrons. The van der Waals surface area contributed by atoms with Crippen LogP contribution in [-0.2, 0) is 4.74 Å². The Morgan fingerprint density at radius 3 is 2.57 bits per heavy atom. The van der Waals surface area contributed by atoms with Crippen LogP contribution in [0.1, 0.15) is 17.2 Å². The standard InChI is InChI=1S/C16H18N2O3/c1-12-8-9-14(16(10-12)18(19)20)17-15(11-21-2)13-6-4-3-5-7-13/h3-10,15,17H,11H2,1-2H3. The Kier molecular flexibility index (Phi) is 4.90. The SMILES string of the molecule is COCC(Nc1ccc(C)cc1[N+](=O)[O-])c1ccccc1. The van der Waals surface area contributed by atoms with Crippen LogP contribution in [0.5, 0.6) is 0 Å². The van der Waals surface area contributed by atoms with Gasteiger partial charge in [-0.3, -0.25) is 10.1 Å². The molecule has 0 saturated carbocycles. The number of anilines is 1. The third kappa shape index (κ3) is 3.79. The van der Waals surface area contributed by atoms with Gasteiger partial charge in [-0.25, -0.2) is 0 Å². The Balaban J connectivity index is 2.31. The highest BCUT2D eigenvalue weighted by Crippen LogP contribution is 2.29. The zero-order valence-corrected chi connectivity index (χ0v) is 12.1. The van der Waals surface area contributed by atoms with Crippen LogP contribution in [0.2, 0.25) is 0 Å². The molecule has 2 aromatic rings. The molecule has 5 nitrogen and oxygen atoms in total. The molecule has 0 aliphatic heterocycles. The molecule has 1 unspecified atom stereocenters. The number of nitrogens with zero attached hydrogens (tertiary/aromatic N) is 1. The summed E-state index contributed by atoms with van der Waals surface area (Å²) in [7, 11) is 1.61. The van der Waals surface area contributed by atoms with Crippen LogP contribution in [-0.4, -0.2) is 18.6 Å². The number of benzene rings is 2. The monoisotopic (exact) mass is 286 g/mol. The Labute approximate surface area is 123 Å². The van der Waals surface area contributed by atoms with Gasteiger partial charge in [-0.05, 0) is 24.1 Å². The van der Waals surface area contributed by atoms with Gasteiger partial charge >= 0.3 is 0 Å². The van der Waals surface area contributed by atoms with Crippen LogP contribution < -0.4 is 5.32 Å². The average Bonchev–Trinajstić information content (AvgIpc) is 2.49. The Bertz CT molecular complexity index is 614. The number of hydrogen-bond donors (Lipinski definition) is 1. The van der Waals surface area contributed by atoms with Crippen molar-refractivity contribution in [3.8, 4) is 0 Å². The summed E-state index contributed by atoms with van der Waals surface area (Å²) in [6.45, 7) is 2.26. The number of aryl methyl sites for hydroxylation is 1. The lowest BCUT2D eigenvalue weighted by atomic mass is 10.1. The van der Waals surface area contributed by atoms with Gasteiger partial charge in [-0.2, -0.15) is 0 Å². The highest BCUT2D eigenvalue weighted by Gasteiger charge is 2.18. The fraction of sp³-hybridized carbons (Fsp3) is 0.250. The van der Waals surface area contributed by atoms with Crippen molar-refractivity contribution in [1.82, 2.24) is 0 Å². The van der Waals surface area contributed by atoms with E-state index in [4.69, 9.17) is 4.74 Å². The number of ether oxygens (including phenoxy) is 1. The summed E-state index contributed by atoms with van der Waals surface area (Å²) in [4.78, 5) is 10.8. The van der Waals surface area contributed by atoms with Crippen LogP contribution in [0.15, 0.2) is 48.5 Å². The number of methoxy groups -OCH3 is 1. The number of hydrogen-bond acceptors (Lipinski definition) is 4. The summed E-state index contributed by atoms with van der Waals surface area (Å²) in [5.74, 6) is 0. The predicted molar refractivity (Wildman–Crippen MR) is 82.5 cm³/mol. The van der Waals surface area contributed by atoms with E-state index in [0.717, 1.165) is 11.1 Å². The molecular weight excluding hydrogens is 268 g/mol. The van der Waals surface area contributed by atoms with E-state index < -0.39 is 0 Å². The van der Waals surface area contributed by atoms with Crippen molar-refractivity contribution in [3.05, 3.63) is 69.8 Å². The maximum atomic E-state index is 11.2. The van der Waals surface area contributed by atoms with Crippen LogP contribution in [0.3, 0.4) is 0 Å². The first-order valence-electron chi connectivity index (χ1n) is 6.67. The maximum absolute atomic E-state index is 11.2. The number of rotatable bonds is 6. The first kappa shape index (κ1) is 15.0. The maximum Gasteiger partial charge on any atom is 0.292 e. The fourth-order valence-electron chi connectivity index (χ4n) is 2.18. The van der Waals surface area contributed by atoms with Crippen molar-refractivity contribution >= 4 is 11.4 Å². The molecule has 0 aliphatic carbocycles. The Morgan fingerprint density at radius 1 is 1.24 bits per heavy atom. The molecule has 2 aromatic carbocycles. The van der Waals surface area contributed by atoms with E-state index in [1.54, 1.807) is 19.2 Å². The topological polar surface area (TPSA) is 64.4 Å². The molecule has 0 fully saturated rings. The van der Waals surface area contributed by atoms with Gasteiger partial charge in [-0.1, -0.05) is 36.4 Å². The van der Waals surface area contributed by atoms with Gasteiger partial charge in [0.15, 0.2) is 0 Å². The third-order valence-corrected chi connectivity index (χ3v) is 3.21. The normalized spacial score (nSPS) is 11.9. The van der Waals surface area contributed by atoms with E-state index in [1.165, 1.54) is 0 Å². The smallest absolute Gasteiger partial charge is 0.292 e. The quantitative estimate of drug-likeness (QED) is 0.649. The second-order valence-electron chi connectivity index (χ2n) is 4.84. The lowest BCUT2D eigenvalue weighted by Crippen LogP contribution is -2.17. The lowest BCUT2D eigenvalue weighted by Gasteiger charge is -2.19. The molecule has 0 aliphatic rings. The fourth-order valence-corrected chi connectivity index (χ4v) is 2.18. The molecule has 0 spiro atoms. The molecule has 0 radical (unpaired) electrons. The minimum absolute atomic E-state index is 0.0760. The zero-order valence-electron chi connectivity index (χ0n) is 12.1. The van der Waals surface area contributed by atoms with Gasteiger partial charge in [0.2, 0.25) is 0 Å². The molecule has 2 rings (SSSR count). The number of nitrogens with one attached hydrogen (secondary N) is 1. The van der Waals surface area contributed by atoms with Crippen molar-refractivity contribution in [3.63, 3.8) is 0 Å². The average molecular weight is 286 g/mol. The van der Waals surface area contributed by atoms with Crippen molar-refractivity contribution in [2.45, 2.75) is 13.0 Å². The lowest BCUT2D eigenvalue weighted by molar-refractivity contribution is -0.384. The number of nitro benzene ring substituents is 1. The van der Waals surface area contributed by atoms with Gasteiger partial charge in [-0.15, -0.1) is 0 Å². The van der Waals surface area contributed by atoms with Crippen LogP contribution in [0.25, 0.3) is 0 Å². The van der Waals surface area contributed by atoms with Gasteiger partial charge in [0, 0.05) is 13.2 Å². The van der Waals surface area contributed by atoms with Gasteiger partial charge in [0.05, 0.1) is 17.6 Å². The van der Waals surface area contributed by atoms with Crippen molar-refractivity contribution in [1.29, 1.82) is 0 Å². The highest BCUT2D eigenvalue weighted by molar-refractivity contribution is 5.63. The van der Waals surface area contributed by atoms with Gasteiger partial charge in [0.1, 0.15) is 5.69 Å². The molecule has 1 atom stereocenters. The number of nitro groups is 1. The van der Waals surface area contributed by atoms with Crippen LogP contribution in [0.4, 0.5) is 11.4 Å². The van der Waals surface area contributed by atoms with E-state index in [2.05, 4.69) is 5.32 Å². The third-order valence-electron chi connectivity index (χ3n) is 3.21. The summed E-state index contributed by atoms with van der Waals surface area (Å²) in [5.41, 5.74) is 2.45. The Morgan fingerprint density at radius 2 is 1.95 bits per heavy atom. The molecule has 0 heterocycles. The van der Waals surface area contributed by atoms with Crippen LogP contribution in [0, 0.1) is 17.0 Å². The van der Waals surface area contributed by atoms with E-state index in [-0.39, 0.29) is 16.7 Å². The second kappa shape index (κ2) is 6.85. The molecular formula is C16H18N2O3. The van der Waals surface area contributed by atoms with Crippen molar-refractivity contribution < 1.29 is 9.66 Å². The minimum atomic E-state index is -0.371. The molecule has 1 N–H and O–H groups in total. The van der Waals surface area contributed by atoms with Crippen LogP contribution >= 0.6 is 0 Å². The van der Waals surface area contributed by atoms with E-state index in [0.29, 0.717) is 12.3 Å². The molecule has 0 bridgehead atoms. The Hall–Kier alpha value is -2.40. The minimum Gasteiger partial charge on any atom is -0.382 e. The summed E-state index contributed by atoms with van der Waals surface area (Å²) in [6, 6.07) is 14.7.